The van der Waals surface area contributed by atoms with E-state index in [2.05, 4.69) is 0 Å². The van der Waals surface area contributed by atoms with E-state index in [9.17, 15) is 4.79 Å². The van der Waals surface area contributed by atoms with Crippen molar-refractivity contribution in [2.24, 2.45) is 0 Å². The van der Waals surface area contributed by atoms with Gasteiger partial charge in [0.1, 0.15) is 11.5 Å². The van der Waals surface area contributed by atoms with Gasteiger partial charge in [-0.1, -0.05) is 17.7 Å². The third-order valence-corrected chi connectivity index (χ3v) is 2.87. The molecular weight excluding hydrogens is 266 g/mol. The zero-order chi connectivity index (χ0) is 14.0. The molecule has 5 heteroatoms. The van der Waals surface area contributed by atoms with Gasteiger partial charge in [-0.05, 0) is 42.8 Å². The fourth-order valence-corrected chi connectivity index (χ4v) is 1.76. The highest BCUT2D eigenvalue weighted by Gasteiger charge is 2.10. The molecule has 0 atom stereocenters. The van der Waals surface area contributed by atoms with E-state index in [0.717, 1.165) is 5.56 Å². The highest BCUT2D eigenvalue weighted by atomic mass is 35.5. The SMILES string of the molecule is Cc1ccc(Cl)cc1Oc1ccc(N)c(C(=O)O)c1. The smallest absolute Gasteiger partial charge is 0.337 e. The van der Waals surface area contributed by atoms with Gasteiger partial charge in [0.05, 0.1) is 5.56 Å². The number of rotatable bonds is 3. The van der Waals surface area contributed by atoms with Gasteiger partial charge in [-0.15, -0.1) is 0 Å². The lowest BCUT2D eigenvalue weighted by atomic mass is 10.1. The van der Waals surface area contributed by atoms with Gasteiger partial charge < -0.3 is 15.6 Å². The van der Waals surface area contributed by atoms with Gasteiger partial charge in [-0.2, -0.15) is 0 Å². The van der Waals surface area contributed by atoms with Crippen LogP contribution in [-0.4, -0.2) is 11.1 Å². The first kappa shape index (κ1) is 13.2. The Morgan fingerprint density at radius 1 is 1.26 bits per heavy atom. The lowest BCUT2D eigenvalue weighted by Crippen LogP contribution is -2.02. The molecular formula is C14H12ClNO3. The fraction of sp³-hybridized carbons (Fsp3) is 0.0714. The number of carboxylic acids is 1. The lowest BCUT2D eigenvalue weighted by Gasteiger charge is -2.10. The van der Waals surface area contributed by atoms with Crippen molar-refractivity contribution in [3.05, 3.63) is 52.5 Å². The molecule has 0 fully saturated rings. The van der Waals surface area contributed by atoms with Crippen molar-refractivity contribution >= 4 is 23.3 Å². The summed E-state index contributed by atoms with van der Waals surface area (Å²) in [7, 11) is 0. The number of benzene rings is 2. The van der Waals surface area contributed by atoms with Crippen LogP contribution < -0.4 is 10.5 Å². The predicted octanol–water partition coefficient (Wildman–Crippen LogP) is 3.72. The number of nitrogen functional groups attached to an aromatic ring is 1. The second-order valence-electron chi connectivity index (χ2n) is 4.07. The first-order chi connectivity index (χ1) is 8.97. The third kappa shape index (κ3) is 2.98. The van der Waals surface area contributed by atoms with E-state index >= 15 is 0 Å². The fourth-order valence-electron chi connectivity index (χ4n) is 1.59. The van der Waals surface area contributed by atoms with Gasteiger partial charge in [0.25, 0.3) is 0 Å². The summed E-state index contributed by atoms with van der Waals surface area (Å²) in [6, 6.07) is 9.76. The van der Waals surface area contributed by atoms with Crippen molar-refractivity contribution in [2.45, 2.75) is 6.92 Å². The largest absolute Gasteiger partial charge is 0.478 e. The second kappa shape index (κ2) is 5.20. The van der Waals surface area contributed by atoms with Gasteiger partial charge in [0, 0.05) is 10.7 Å². The Hall–Kier alpha value is -2.20. The van der Waals surface area contributed by atoms with Crippen LogP contribution in [0.5, 0.6) is 11.5 Å². The summed E-state index contributed by atoms with van der Waals surface area (Å²) in [4.78, 5) is 11.0. The van der Waals surface area contributed by atoms with Crippen LogP contribution in [0.4, 0.5) is 5.69 Å². The van der Waals surface area contributed by atoms with Crippen molar-refractivity contribution in [2.75, 3.05) is 5.73 Å². The zero-order valence-corrected chi connectivity index (χ0v) is 10.9. The molecule has 0 saturated heterocycles. The zero-order valence-electron chi connectivity index (χ0n) is 10.2. The maximum Gasteiger partial charge on any atom is 0.337 e. The lowest BCUT2D eigenvalue weighted by molar-refractivity contribution is 0.0697. The highest BCUT2D eigenvalue weighted by molar-refractivity contribution is 6.30. The Bertz CT molecular complexity index is 641. The number of carbonyl (C=O) groups is 1. The molecule has 0 bridgehead atoms. The predicted molar refractivity (Wildman–Crippen MR) is 74.1 cm³/mol. The number of hydrogen-bond acceptors (Lipinski definition) is 3. The average molecular weight is 278 g/mol. The maximum absolute atomic E-state index is 11.0. The normalized spacial score (nSPS) is 10.2. The summed E-state index contributed by atoms with van der Waals surface area (Å²) in [5.41, 5.74) is 6.69. The number of anilines is 1. The maximum atomic E-state index is 11.0. The van der Waals surface area contributed by atoms with Crippen molar-refractivity contribution in [1.82, 2.24) is 0 Å². The topological polar surface area (TPSA) is 72.5 Å². The van der Waals surface area contributed by atoms with Crippen LogP contribution in [0.3, 0.4) is 0 Å². The summed E-state index contributed by atoms with van der Waals surface area (Å²) in [5, 5.41) is 9.55. The van der Waals surface area contributed by atoms with Crippen LogP contribution in [0.15, 0.2) is 36.4 Å². The molecule has 2 aromatic rings. The van der Waals surface area contributed by atoms with Gasteiger partial charge in [-0.25, -0.2) is 4.79 Å². The van der Waals surface area contributed by atoms with Crippen LogP contribution in [0.1, 0.15) is 15.9 Å². The quantitative estimate of drug-likeness (QED) is 0.839. The summed E-state index contributed by atoms with van der Waals surface area (Å²) in [5.74, 6) is -0.114. The van der Waals surface area contributed by atoms with E-state index in [1.54, 1.807) is 18.2 Å². The Morgan fingerprint density at radius 2 is 2.00 bits per heavy atom. The number of aryl methyl sites for hydroxylation is 1. The summed E-state index contributed by atoms with van der Waals surface area (Å²) < 4.78 is 5.63. The van der Waals surface area contributed by atoms with E-state index in [1.807, 2.05) is 13.0 Å². The summed E-state index contributed by atoms with van der Waals surface area (Å²) in [6.45, 7) is 1.88. The molecule has 0 spiro atoms. The van der Waals surface area contributed by atoms with Gasteiger partial charge in [-0.3, -0.25) is 0 Å². The van der Waals surface area contributed by atoms with Crippen LogP contribution in [0.25, 0.3) is 0 Å². The van der Waals surface area contributed by atoms with E-state index in [4.69, 9.17) is 27.2 Å². The van der Waals surface area contributed by atoms with Crippen molar-refractivity contribution < 1.29 is 14.6 Å². The Morgan fingerprint density at radius 3 is 2.68 bits per heavy atom. The van der Waals surface area contributed by atoms with Crippen LogP contribution in [0, 0.1) is 6.92 Å². The van der Waals surface area contributed by atoms with E-state index in [1.165, 1.54) is 12.1 Å². The van der Waals surface area contributed by atoms with E-state index in [0.29, 0.717) is 16.5 Å². The van der Waals surface area contributed by atoms with Gasteiger partial charge in [0.2, 0.25) is 0 Å². The molecule has 0 aliphatic carbocycles. The van der Waals surface area contributed by atoms with Gasteiger partial charge >= 0.3 is 5.97 Å². The molecule has 0 aromatic heterocycles. The number of aromatic carboxylic acids is 1. The van der Waals surface area contributed by atoms with Crippen molar-refractivity contribution in [1.29, 1.82) is 0 Å². The number of carboxylic acid groups (broad SMARTS) is 1. The first-order valence-corrected chi connectivity index (χ1v) is 5.92. The minimum Gasteiger partial charge on any atom is -0.478 e. The molecule has 0 saturated carbocycles. The molecule has 4 nitrogen and oxygen atoms in total. The molecule has 19 heavy (non-hydrogen) atoms. The van der Waals surface area contributed by atoms with Crippen LogP contribution >= 0.6 is 11.6 Å². The highest BCUT2D eigenvalue weighted by Crippen LogP contribution is 2.29. The second-order valence-corrected chi connectivity index (χ2v) is 4.50. The molecule has 0 aliphatic heterocycles. The number of halogens is 1. The number of ether oxygens (including phenoxy) is 1. The Balaban J connectivity index is 2.36. The number of hydrogen-bond donors (Lipinski definition) is 2. The number of nitrogens with two attached hydrogens (primary N) is 1. The van der Waals surface area contributed by atoms with E-state index in [-0.39, 0.29) is 11.3 Å². The molecule has 0 amide bonds. The third-order valence-electron chi connectivity index (χ3n) is 2.63. The molecule has 0 aliphatic rings. The molecule has 0 heterocycles. The molecule has 2 rings (SSSR count). The minimum atomic E-state index is -1.09. The van der Waals surface area contributed by atoms with Crippen molar-refractivity contribution in [3.8, 4) is 11.5 Å². The summed E-state index contributed by atoms with van der Waals surface area (Å²) >= 11 is 5.90. The monoisotopic (exact) mass is 277 g/mol. The molecule has 2 aromatic carbocycles. The first-order valence-electron chi connectivity index (χ1n) is 5.54. The molecule has 0 radical (unpaired) electrons. The summed E-state index contributed by atoms with van der Waals surface area (Å²) in [6.07, 6.45) is 0. The molecule has 98 valence electrons. The van der Waals surface area contributed by atoms with Crippen LogP contribution in [0.2, 0.25) is 5.02 Å². The van der Waals surface area contributed by atoms with Crippen molar-refractivity contribution in [3.63, 3.8) is 0 Å². The molecule has 3 N–H and O–H groups in total. The standard InChI is InChI=1S/C14H12ClNO3/c1-8-2-3-9(15)6-13(8)19-10-4-5-12(16)11(7-10)14(17)18/h2-7H,16H2,1H3,(H,17,18). The Labute approximate surface area is 115 Å². The Kier molecular flexibility index (Phi) is 3.62. The minimum absolute atomic E-state index is 0.0113. The molecule has 0 unspecified atom stereocenters. The average Bonchev–Trinajstić information content (AvgIpc) is 2.36. The van der Waals surface area contributed by atoms with Gasteiger partial charge in [0.15, 0.2) is 0 Å². The van der Waals surface area contributed by atoms with E-state index < -0.39 is 5.97 Å². The van der Waals surface area contributed by atoms with Crippen LogP contribution in [-0.2, 0) is 0 Å².